The van der Waals surface area contributed by atoms with Crippen molar-refractivity contribution in [1.82, 2.24) is 10.2 Å². The average Bonchev–Trinajstić information content (AvgIpc) is 3.01. The van der Waals surface area contributed by atoms with Crippen LogP contribution in [0.3, 0.4) is 0 Å². The Balaban J connectivity index is 1.98. The number of carboxylic acids is 1. The maximum absolute atomic E-state index is 13.1. The number of hydrogen-bond acceptors (Lipinski definition) is 3. The van der Waals surface area contributed by atoms with Crippen LogP contribution in [0.5, 0.6) is 0 Å². The third kappa shape index (κ3) is 4.27. The van der Waals surface area contributed by atoms with Crippen LogP contribution in [-0.2, 0) is 9.59 Å². The molecule has 1 aromatic carbocycles. The molecule has 2 rings (SSSR count). The van der Waals surface area contributed by atoms with Gasteiger partial charge < -0.3 is 15.3 Å². The highest BCUT2D eigenvalue weighted by atomic mass is 19.4. The third-order valence-corrected chi connectivity index (χ3v) is 3.99. The van der Waals surface area contributed by atoms with Gasteiger partial charge in [-0.15, -0.1) is 0 Å². The Morgan fingerprint density at radius 1 is 1.15 bits per heavy atom. The van der Waals surface area contributed by atoms with Gasteiger partial charge in [0.15, 0.2) is 11.6 Å². The van der Waals surface area contributed by atoms with E-state index in [2.05, 4.69) is 5.32 Å². The number of nitrogens with one attached hydrogen (secondary N) is 1. The highest BCUT2D eigenvalue weighted by molar-refractivity contribution is 5.96. The Labute approximate surface area is 143 Å². The van der Waals surface area contributed by atoms with Crippen LogP contribution in [0.4, 0.5) is 22.0 Å². The fraction of sp³-hybridized carbons (Fsp3) is 0.400. The van der Waals surface area contributed by atoms with Gasteiger partial charge in [-0.1, -0.05) is 0 Å². The second-order valence-electron chi connectivity index (χ2n) is 5.70. The quantitative estimate of drug-likeness (QED) is 0.774. The molecule has 0 saturated carbocycles. The molecule has 1 aliphatic rings. The van der Waals surface area contributed by atoms with Crippen LogP contribution >= 0.6 is 0 Å². The molecular weight excluding hydrogens is 367 g/mol. The van der Waals surface area contributed by atoms with Gasteiger partial charge in [-0.2, -0.15) is 13.2 Å². The van der Waals surface area contributed by atoms with Crippen LogP contribution in [0.1, 0.15) is 10.4 Å². The van der Waals surface area contributed by atoms with Crippen LogP contribution in [0, 0.1) is 23.5 Å². The van der Waals surface area contributed by atoms with Crippen molar-refractivity contribution >= 4 is 17.8 Å². The lowest BCUT2D eigenvalue weighted by Gasteiger charge is -2.18. The first-order valence-electron chi connectivity index (χ1n) is 7.31. The van der Waals surface area contributed by atoms with Crippen molar-refractivity contribution in [1.29, 1.82) is 0 Å². The Bertz CT molecular complexity index is 737. The summed E-state index contributed by atoms with van der Waals surface area (Å²) < 4.78 is 64.5. The molecule has 2 atom stereocenters. The van der Waals surface area contributed by atoms with Gasteiger partial charge in [-0.05, 0) is 18.2 Å². The molecule has 142 valence electrons. The zero-order valence-electron chi connectivity index (χ0n) is 13.0. The lowest BCUT2D eigenvalue weighted by Crippen LogP contribution is -2.40. The molecule has 0 bridgehead atoms. The lowest BCUT2D eigenvalue weighted by atomic mass is 9.96. The molecule has 26 heavy (non-hydrogen) atoms. The van der Waals surface area contributed by atoms with Gasteiger partial charge in [-0.25, -0.2) is 8.78 Å². The topological polar surface area (TPSA) is 86.7 Å². The summed E-state index contributed by atoms with van der Waals surface area (Å²) in [6, 6.07) is 2.28. The summed E-state index contributed by atoms with van der Waals surface area (Å²) in [5, 5.41) is 11.0. The molecule has 0 aromatic heterocycles. The number of carbonyl (C=O) groups is 3. The second-order valence-corrected chi connectivity index (χ2v) is 5.70. The molecule has 0 unspecified atom stereocenters. The van der Waals surface area contributed by atoms with E-state index in [4.69, 9.17) is 5.11 Å². The van der Waals surface area contributed by atoms with Crippen LogP contribution in [0.15, 0.2) is 18.2 Å². The number of likely N-dealkylation sites (tertiary alicyclic amines) is 1. The number of aliphatic carboxylic acids is 1. The fourth-order valence-corrected chi connectivity index (χ4v) is 2.60. The maximum Gasteiger partial charge on any atom is 0.394 e. The van der Waals surface area contributed by atoms with E-state index in [1.807, 2.05) is 0 Å². The van der Waals surface area contributed by atoms with Crippen molar-refractivity contribution in [2.24, 2.45) is 11.8 Å². The summed E-state index contributed by atoms with van der Waals surface area (Å²) >= 11 is 0. The SMILES string of the molecule is O=C(NCC(=O)N1C[C@@H](C(F)(F)F)[C@H](C(=O)O)C1)c1ccc(F)c(F)c1. The van der Waals surface area contributed by atoms with Gasteiger partial charge in [0.25, 0.3) is 5.91 Å². The number of hydrogen-bond donors (Lipinski definition) is 2. The molecule has 1 saturated heterocycles. The Morgan fingerprint density at radius 3 is 2.31 bits per heavy atom. The molecule has 0 spiro atoms. The van der Waals surface area contributed by atoms with Crippen molar-refractivity contribution in [3.63, 3.8) is 0 Å². The zero-order chi connectivity index (χ0) is 19.6. The first kappa shape index (κ1) is 19.6. The van der Waals surface area contributed by atoms with Crippen molar-refractivity contribution in [2.45, 2.75) is 6.18 Å². The van der Waals surface area contributed by atoms with E-state index in [9.17, 15) is 36.3 Å². The molecule has 11 heteroatoms. The number of carbonyl (C=O) groups excluding carboxylic acids is 2. The monoisotopic (exact) mass is 380 g/mol. The minimum atomic E-state index is -4.78. The van der Waals surface area contributed by atoms with E-state index in [0.29, 0.717) is 17.0 Å². The summed E-state index contributed by atoms with van der Waals surface area (Å²) in [6.45, 7) is -2.19. The van der Waals surface area contributed by atoms with Gasteiger partial charge in [0.2, 0.25) is 5.91 Å². The number of amides is 2. The van der Waals surface area contributed by atoms with Gasteiger partial charge >= 0.3 is 12.1 Å². The molecule has 6 nitrogen and oxygen atoms in total. The van der Waals surface area contributed by atoms with Crippen molar-refractivity contribution < 1.29 is 41.4 Å². The predicted octanol–water partition coefficient (Wildman–Crippen LogP) is 1.42. The first-order chi connectivity index (χ1) is 12.0. The molecule has 1 aromatic rings. The van der Waals surface area contributed by atoms with E-state index in [1.165, 1.54) is 0 Å². The molecule has 0 radical (unpaired) electrons. The predicted molar refractivity (Wildman–Crippen MR) is 75.9 cm³/mol. The summed E-state index contributed by atoms with van der Waals surface area (Å²) in [5.74, 6) is -9.97. The largest absolute Gasteiger partial charge is 0.481 e. The molecule has 2 N–H and O–H groups in total. The van der Waals surface area contributed by atoms with Gasteiger partial charge in [0, 0.05) is 18.7 Å². The summed E-state index contributed by atoms with van der Waals surface area (Å²) in [5.41, 5.74) is -0.283. The Hall–Kier alpha value is -2.72. The number of nitrogens with zero attached hydrogens (tertiary/aromatic N) is 1. The van der Waals surface area contributed by atoms with E-state index in [1.54, 1.807) is 0 Å². The molecule has 1 heterocycles. The number of carboxylic acid groups (broad SMARTS) is 1. The van der Waals surface area contributed by atoms with Crippen molar-refractivity contribution in [3.8, 4) is 0 Å². The van der Waals surface area contributed by atoms with Gasteiger partial charge in [-0.3, -0.25) is 14.4 Å². The van der Waals surface area contributed by atoms with E-state index in [-0.39, 0.29) is 5.56 Å². The first-order valence-corrected chi connectivity index (χ1v) is 7.31. The molecule has 0 aliphatic carbocycles. The Kier molecular flexibility index (Phi) is 5.47. The zero-order valence-corrected chi connectivity index (χ0v) is 13.0. The minimum absolute atomic E-state index is 0.283. The highest BCUT2D eigenvalue weighted by Gasteiger charge is 2.53. The summed E-state index contributed by atoms with van der Waals surface area (Å²) in [4.78, 5) is 35.4. The molecular formula is C15H13F5N2O4. The van der Waals surface area contributed by atoms with Gasteiger partial charge in [0.1, 0.15) is 0 Å². The highest BCUT2D eigenvalue weighted by Crippen LogP contribution is 2.37. The normalized spacial score (nSPS) is 20.1. The third-order valence-electron chi connectivity index (χ3n) is 3.99. The number of halogens is 5. The molecule has 1 aliphatic heterocycles. The van der Waals surface area contributed by atoms with E-state index >= 15 is 0 Å². The van der Waals surface area contributed by atoms with Gasteiger partial charge in [0.05, 0.1) is 18.4 Å². The lowest BCUT2D eigenvalue weighted by molar-refractivity contribution is -0.188. The van der Waals surface area contributed by atoms with E-state index < -0.39 is 67.1 Å². The number of rotatable bonds is 4. The molecule has 2 amide bonds. The fourth-order valence-electron chi connectivity index (χ4n) is 2.60. The average molecular weight is 380 g/mol. The van der Waals surface area contributed by atoms with Crippen LogP contribution in [0.25, 0.3) is 0 Å². The van der Waals surface area contributed by atoms with Crippen LogP contribution in [0.2, 0.25) is 0 Å². The van der Waals surface area contributed by atoms with Crippen molar-refractivity contribution in [3.05, 3.63) is 35.4 Å². The summed E-state index contributed by atoms with van der Waals surface area (Å²) in [7, 11) is 0. The van der Waals surface area contributed by atoms with Crippen molar-refractivity contribution in [2.75, 3.05) is 19.6 Å². The smallest absolute Gasteiger partial charge is 0.394 e. The van der Waals surface area contributed by atoms with Crippen LogP contribution in [-0.4, -0.2) is 53.6 Å². The minimum Gasteiger partial charge on any atom is -0.481 e. The Morgan fingerprint density at radius 2 is 1.81 bits per heavy atom. The van der Waals surface area contributed by atoms with Crippen LogP contribution < -0.4 is 5.32 Å². The number of alkyl halides is 3. The number of benzene rings is 1. The standard InChI is InChI=1S/C15H13F5N2O4/c16-10-2-1-7(3-11(10)17)13(24)21-4-12(23)22-5-8(14(25)26)9(6-22)15(18,19)20/h1-3,8-9H,4-6H2,(H,21,24)(H,25,26)/t8-,9-/m1/s1. The van der Waals surface area contributed by atoms with E-state index in [0.717, 1.165) is 6.07 Å². The second kappa shape index (κ2) is 7.26. The summed E-state index contributed by atoms with van der Waals surface area (Å²) in [6.07, 6.45) is -4.78. The molecule has 1 fully saturated rings. The maximum atomic E-state index is 13.1.